The van der Waals surface area contributed by atoms with Crippen LogP contribution in [0.3, 0.4) is 0 Å². The van der Waals surface area contributed by atoms with E-state index in [4.69, 9.17) is 9.47 Å². The van der Waals surface area contributed by atoms with Gasteiger partial charge < -0.3 is 14.8 Å². The fourth-order valence-corrected chi connectivity index (χ4v) is 5.38. The Kier molecular flexibility index (Phi) is 7.25. The molecule has 6 nitrogen and oxygen atoms in total. The van der Waals surface area contributed by atoms with Gasteiger partial charge in [-0.3, -0.25) is 4.79 Å². The molecular formula is C28H23BrFN3O3S. The number of hydrogen-bond acceptors (Lipinski definition) is 5. The summed E-state index contributed by atoms with van der Waals surface area (Å²) in [5, 5.41) is 8.41. The van der Waals surface area contributed by atoms with Crippen molar-refractivity contribution in [1.29, 1.82) is 0 Å². The first kappa shape index (κ1) is 25.0. The topological polar surface area (TPSA) is 65.4 Å². The average Bonchev–Trinajstić information content (AvgIpc) is 3.54. The molecule has 5 rings (SSSR count). The van der Waals surface area contributed by atoms with Gasteiger partial charge in [0.25, 0.3) is 5.91 Å². The largest absolute Gasteiger partial charge is 0.497 e. The summed E-state index contributed by atoms with van der Waals surface area (Å²) in [5.74, 6) is 0.852. The number of aromatic nitrogens is 2. The van der Waals surface area contributed by atoms with E-state index in [2.05, 4.69) is 26.3 Å². The molecule has 0 saturated carbocycles. The van der Waals surface area contributed by atoms with Crippen molar-refractivity contribution >= 4 is 44.1 Å². The van der Waals surface area contributed by atoms with Crippen molar-refractivity contribution in [3.63, 3.8) is 0 Å². The van der Waals surface area contributed by atoms with Gasteiger partial charge in [-0.15, -0.1) is 11.3 Å². The second-order valence-electron chi connectivity index (χ2n) is 8.43. The van der Waals surface area contributed by atoms with Crippen LogP contribution >= 0.6 is 27.3 Å². The lowest BCUT2D eigenvalue weighted by Crippen LogP contribution is -2.39. The van der Waals surface area contributed by atoms with Crippen molar-refractivity contribution in [2.75, 3.05) is 7.11 Å². The summed E-state index contributed by atoms with van der Waals surface area (Å²) >= 11 is 4.78. The molecule has 9 heteroatoms. The van der Waals surface area contributed by atoms with Crippen LogP contribution in [0.4, 0.5) is 4.39 Å². The molecule has 188 valence electrons. The monoisotopic (exact) mass is 579 g/mol. The number of rotatable bonds is 8. The molecule has 3 aromatic carbocycles. The van der Waals surface area contributed by atoms with Crippen molar-refractivity contribution in [1.82, 2.24) is 15.1 Å². The summed E-state index contributed by atoms with van der Waals surface area (Å²) < 4.78 is 27.9. The molecule has 0 radical (unpaired) electrons. The standard InChI is InChI=1S/C28H23BrFN3O3S/c1-17(32-28(34)25-12-13-26(29)37-25)27(18-4-3-5-22(14-18)35-2)36-23-10-11-24-19(15-23)16-31-33(24)21-8-6-20(30)7-9-21/h3-17,27H,1-2H3,(H,32,34)/t17-,27-/m0/s1. The predicted molar refractivity (Wildman–Crippen MR) is 146 cm³/mol. The molecule has 0 bridgehead atoms. The Labute approximate surface area is 225 Å². The molecular weight excluding hydrogens is 557 g/mol. The zero-order chi connectivity index (χ0) is 25.9. The molecule has 0 spiro atoms. The number of benzene rings is 3. The van der Waals surface area contributed by atoms with Crippen molar-refractivity contribution in [2.45, 2.75) is 19.1 Å². The van der Waals surface area contributed by atoms with Gasteiger partial charge in [-0.05, 0) is 95.1 Å². The number of ether oxygens (including phenoxy) is 2. The first-order valence-corrected chi connectivity index (χ1v) is 13.1. The molecule has 37 heavy (non-hydrogen) atoms. The summed E-state index contributed by atoms with van der Waals surface area (Å²) in [7, 11) is 1.61. The van der Waals surface area contributed by atoms with Gasteiger partial charge in [0.15, 0.2) is 0 Å². The zero-order valence-electron chi connectivity index (χ0n) is 20.0. The molecule has 0 aliphatic heterocycles. The van der Waals surface area contributed by atoms with E-state index in [0.29, 0.717) is 16.4 Å². The van der Waals surface area contributed by atoms with Crippen molar-refractivity contribution < 1.29 is 18.7 Å². The van der Waals surface area contributed by atoms with E-state index in [0.717, 1.165) is 25.9 Å². The lowest BCUT2D eigenvalue weighted by Gasteiger charge is -2.27. The smallest absolute Gasteiger partial charge is 0.261 e. The van der Waals surface area contributed by atoms with Crippen LogP contribution in [0.25, 0.3) is 16.6 Å². The molecule has 2 heterocycles. The number of hydrogen-bond donors (Lipinski definition) is 1. The highest BCUT2D eigenvalue weighted by Gasteiger charge is 2.25. The number of fused-ring (bicyclic) bond motifs is 1. The molecule has 1 N–H and O–H groups in total. The lowest BCUT2D eigenvalue weighted by atomic mass is 10.0. The Morgan fingerprint density at radius 2 is 1.86 bits per heavy atom. The maximum atomic E-state index is 13.4. The van der Waals surface area contributed by atoms with Crippen LogP contribution in [0.5, 0.6) is 11.5 Å². The zero-order valence-corrected chi connectivity index (χ0v) is 22.4. The molecule has 0 aliphatic rings. The number of halogens is 2. The van der Waals surface area contributed by atoms with E-state index in [-0.39, 0.29) is 17.8 Å². The Morgan fingerprint density at radius 3 is 2.59 bits per heavy atom. The predicted octanol–water partition coefficient (Wildman–Crippen LogP) is 6.94. The molecule has 0 fully saturated rings. The molecule has 0 aliphatic carbocycles. The molecule has 5 aromatic rings. The Balaban J connectivity index is 1.44. The number of carbonyl (C=O) groups is 1. The third-order valence-corrected chi connectivity index (χ3v) is 7.53. The van der Waals surface area contributed by atoms with Crippen molar-refractivity contribution in [3.8, 4) is 17.2 Å². The highest BCUT2D eigenvalue weighted by molar-refractivity contribution is 9.11. The number of thiophene rings is 1. The SMILES string of the molecule is COc1cccc([C@@H](Oc2ccc3c(cnn3-c3ccc(F)cc3)c2)[C@H](C)NC(=O)c2ccc(Br)s2)c1. The van der Waals surface area contributed by atoms with Gasteiger partial charge in [-0.25, -0.2) is 9.07 Å². The van der Waals surface area contributed by atoms with E-state index < -0.39 is 6.10 Å². The summed E-state index contributed by atoms with van der Waals surface area (Å²) in [6, 6.07) is 22.7. The number of carbonyl (C=O) groups excluding carboxylic acids is 1. The number of amides is 1. The normalized spacial score (nSPS) is 12.8. The summed E-state index contributed by atoms with van der Waals surface area (Å²) in [6.45, 7) is 1.91. The number of nitrogens with one attached hydrogen (secondary N) is 1. The van der Waals surface area contributed by atoms with E-state index >= 15 is 0 Å². The van der Waals surface area contributed by atoms with Gasteiger partial charge in [-0.2, -0.15) is 5.10 Å². The highest BCUT2D eigenvalue weighted by atomic mass is 79.9. The van der Waals surface area contributed by atoms with E-state index in [1.54, 1.807) is 36.2 Å². The van der Waals surface area contributed by atoms with E-state index in [9.17, 15) is 9.18 Å². The first-order chi connectivity index (χ1) is 17.9. The fraction of sp³-hybridized carbons (Fsp3) is 0.143. The molecule has 1 amide bonds. The van der Waals surface area contributed by atoms with Gasteiger partial charge in [-0.1, -0.05) is 12.1 Å². The minimum atomic E-state index is -0.493. The highest BCUT2D eigenvalue weighted by Crippen LogP contribution is 2.31. The third-order valence-electron chi connectivity index (χ3n) is 5.91. The lowest BCUT2D eigenvalue weighted by molar-refractivity contribution is 0.0886. The number of methoxy groups -OCH3 is 1. The number of nitrogens with zero attached hydrogens (tertiary/aromatic N) is 2. The van der Waals surface area contributed by atoms with Gasteiger partial charge in [0.05, 0.1) is 39.2 Å². The Bertz CT molecular complexity index is 1550. The van der Waals surface area contributed by atoms with Crippen LogP contribution in [0, 0.1) is 5.82 Å². The second-order valence-corrected chi connectivity index (χ2v) is 10.9. The second kappa shape index (κ2) is 10.7. The first-order valence-electron chi connectivity index (χ1n) is 11.5. The molecule has 2 atom stereocenters. The van der Waals surface area contributed by atoms with Gasteiger partial charge in [0.2, 0.25) is 0 Å². The van der Waals surface area contributed by atoms with Crippen LogP contribution in [-0.4, -0.2) is 28.8 Å². The Hall–Kier alpha value is -3.69. The van der Waals surface area contributed by atoms with Crippen LogP contribution in [0.2, 0.25) is 0 Å². The van der Waals surface area contributed by atoms with Crippen molar-refractivity contribution in [3.05, 3.63) is 105 Å². The minimum Gasteiger partial charge on any atom is -0.497 e. The fourth-order valence-electron chi connectivity index (χ4n) is 4.09. The summed E-state index contributed by atoms with van der Waals surface area (Å²) in [5.41, 5.74) is 2.49. The maximum absolute atomic E-state index is 13.4. The molecule has 0 unspecified atom stereocenters. The third kappa shape index (κ3) is 5.52. The Morgan fingerprint density at radius 1 is 1.05 bits per heavy atom. The van der Waals surface area contributed by atoms with Gasteiger partial charge >= 0.3 is 0 Å². The van der Waals surface area contributed by atoms with Crippen molar-refractivity contribution in [2.24, 2.45) is 0 Å². The summed E-state index contributed by atoms with van der Waals surface area (Å²) in [4.78, 5) is 13.5. The van der Waals surface area contributed by atoms with Crippen LogP contribution in [-0.2, 0) is 0 Å². The molecule has 0 saturated heterocycles. The van der Waals surface area contributed by atoms with Crippen LogP contribution in [0.1, 0.15) is 28.3 Å². The van der Waals surface area contributed by atoms with E-state index in [1.165, 1.54) is 23.5 Å². The van der Waals surface area contributed by atoms with E-state index in [1.807, 2.05) is 55.5 Å². The maximum Gasteiger partial charge on any atom is 0.261 e. The van der Waals surface area contributed by atoms with Crippen LogP contribution < -0.4 is 14.8 Å². The quantitative estimate of drug-likeness (QED) is 0.216. The van der Waals surface area contributed by atoms with Gasteiger partial charge in [0.1, 0.15) is 23.4 Å². The summed E-state index contributed by atoms with van der Waals surface area (Å²) in [6.07, 6.45) is 1.25. The average molecular weight is 580 g/mol. The minimum absolute atomic E-state index is 0.171. The molecule has 2 aromatic heterocycles. The van der Waals surface area contributed by atoms with Gasteiger partial charge in [0, 0.05) is 5.39 Å². The van der Waals surface area contributed by atoms with Crippen LogP contribution in [0.15, 0.2) is 88.8 Å².